The zero-order valence-corrected chi connectivity index (χ0v) is 14.4. The number of nitrogens with one attached hydrogen (secondary N) is 2. The summed E-state index contributed by atoms with van der Waals surface area (Å²) in [5.74, 6) is -0.624. The second-order valence-electron chi connectivity index (χ2n) is 5.43. The van der Waals surface area contributed by atoms with Crippen LogP contribution in [-0.2, 0) is 4.79 Å². The highest BCUT2D eigenvalue weighted by molar-refractivity contribution is 6.04. The molecule has 0 bridgehead atoms. The van der Waals surface area contributed by atoms with Crippen LogP contribution in [0.3, 0.4) is 0 Å². The molecule has 0 heterocycles. The molecular weight excluding hydrogens is 302 g/mol. The molecular formula is C19H25N3O2. The fraction of sp³-hybridized carbons (Fsp3) is 0.421. The average molecular weight is 327 g/mol. The predicted molar refractivity (Wildman–Crippen MR) is 95.2 cm³/mol. The lowest BCUT2D eigenvalue weighted by Crippen LogP contribution is -2.26. The molecule has 1 aromatic rings. The summed E-state index contributed by atoms with van der Waals surface area (Å²) in [6.07, 6.45) is 5.69. The van der Waals surface area contributed by atoms with E-state index in [-0.39, 0.29) is 11.5 Å². The van der Waals surface area contributed by atoms with Gasteiger partial charge in [0.1, 0.15) is 11.6 Å². The SMILES string of the molecule is CCCCCCNC(=O)/C(C#N)=C/c1ccccc1C(=O)NCC. The van der Waals surface area contributed by atoms with Gasteiger partial charge in [-0.15, -0.1) is 0 Å². The number of benzene rings is 1. The van der Waals surface area contributed by atoms with Crippen molar-refractivity contribution in [3.63, 3.8) is 0 Å². The van der Waals surface area contributed by atoms with Crippen LogP contribution >= 0.6 is 0 Å². The largest absolute Gasteiger partial charge is 0.352 e. The van der Waals surface area contributed by atoms with E-state index >= 15 is 0 Å². The van der Waals surface area contributed by atoms with Crippen molar-refractivity contribution in [1.29, 1.82) is 5.26 Å². The summed E-state index contributed by atoms with van der Waals surface area (Å²) in [5.41, 5.74) is 1.01. The second-order valence-corrected chi connectivity index (χ2v) is 5.43. The highest BCUT2D eigenvalue weighted by Gasteiger charge is 2.12. The molecule has 0 radical (unpaired) electrons. The van der Waals surface area contributed by atoms with E-state index in [0.29, 0.717) is 24.2 Å². The minimum Gasteiger partial charge on any atom is -0.352 e. The predicted octanol–water partition coefficient (Wildman–Crippen LogP) is 3.04. The molecule has 5 heteroatoms. The fourth-order valence-electron chi connectivity index (χ4n) is 2.24. The Hall–Kier alpha value is -2.61. The Bertz CT molecular complexity index is 630. The molecule has 24 heavy (non-hydrogen) atoms. The van der Waals surface area contributed by atoms with Crippen molar-refractivity contribution >= 4 is 17.9 Å². The maximum Gasteiger partial charge on any atom is 0.261 e. The quantitative estimate of drug-likeness (QED) is 0.415. The Balaban J connectivity index is 2.83. The number of carbonyl (C=O) groups excluding carboxylic acids is 2. The van der Waals surface area contributed by atoms with Crippen LogP contribution in [0.4, 0.5) is 0 Å². The number of rotatable bonds is 9. The van der Waals surface area contributed by atoms with Gasteiger partial charge in [0.2, 0.25) is 0 Å². The van der Waals surface area contributed by atoms with Gasteiger partial charge in [0.25, 0.3) is 11.8 Å². The molecule has 0 aliphatic heterocycles. The number of carbonyl (C=O) groups is 2. The van der Waals surface area contributed by atoms with Crippen LogP contribution < -0.4 is 10.6 Å². The van der Waals surface area contributed by atoms with E-state index in [1.54, 1.807) is 24.3 Å². The van der Waals surface area contributed by atoms with Crippen LogP contribution in [0.15, 0.2) is 29.8 Å². The normalized spacial score (nSPS) is 10.8. The third-order valence-electron chi connectivity index (χ3n) is 3.52. The average Bonchev–Trinajstić information content (AvgIpc) is 2.59. The van der Waals surface area contributed by atoms with E-state index < -0.39 is 5.91 Å². The number of hydrogen-bond acceptors (Lipinski definition) is 3. The van der Waals surface area contributed by atoms with E-state index in [9.17, 15) is 14.9 Å². The zero-order chi connectivity index (χ0) is 17.8. The molecule has 0 aromatic heterocycles. The van der Waals surface area contributed by atoms with Crippen LogP contribution in [-0.4, -0.2) is 24.9 Å². The standard InChI is InChI=1S/C19H25N3O2/c1-3-5-6-9-12-22-18(23)16(14-20)13-15-10-7-8-11-17(15)19(24)21-4-2/h7-8,10-11,13H,3-6,9,12H2,1-2H3,(H,21,24)(H,22,23)/b16-13+. The van der Waals surface area contributed by atoms with E-state index in [2.05, 4.69) is 17.6 Å². The van der Waals surface area contributed by atoms with Gasteiger partial charge in [0.15, 0.2) is 0 Å². The summed E-state index contributed by atoms with van der Waals surface area (Å²) < 4.78 is 0. The van der Waals surface area contributed by atoms with Crippen LogP contribution in [0.2, 0.25) is 0 Å². The van der Waals surface area contributed by atoms with Crippen LogP contribution in [0.1, 0.15) is 55.5 Å². The first-order valence-electron chi connectivity index (χ1n) is 8.41. The molecule has 0 unspecified atom stereocenters. The van der Waals surface area contributed by atoms with Crippen molar-refractivity contribution < 1.29 is 9.59 Å². The Morgan fingerprint density at radius 1 is 1.12 bits per heavy atom. The van der Waals surface area contributed by atoms with Crippen molar-refractivity contribution in [2.75, 3.05) is 13.1 Å². The number of unbranched alkanes of at least 4 members (excludes halogenated alkanes) is 3. The molecule has 2 N–H and O–H groups in total. The van der Waals surface area contributed by atoms with Crippen molar-refractivity contribution in [1.82, 2.24) is 10.6 Å². The molecule has 0 spiro atoms. The lowest BCUT2D eigenvalue weighted by Gasteiger charge is -2.07. The summed E-state index contributed by atoms with van der Waals surface area (Å²) in [5, 5.41) is 14.7. The third-order valence-corrected chi connectivity index (χ3v) is 3.52. The first-order chi connectivity index (χ1) is 11.6. The maximum atomic E-state index is 12.1. The molecule has 0 aliphatic carbocycles. The van der Waals surface area contributed by atoms with Crippen LogP contribution in [0.5, 0.6) is 0 Å². The second kappa shape index (κ2) is 11.0. The van der Waals surface area contributed by atoms with Crippen molar-refractivity contribution in [3.05, 3.63) is 41.0 Å². The van der Waals surface area contributed by atoms with Crippen LogP contribution in [0, 0.1) is 11.3 Å². The minimum absolute atomic E-state index is 0.00207. The molecule has 1 aromatic carbocycles. The summed E-state index contributed by atoms with van der Waals surface area (Å²) in [6.45, 7) is 5.03. The first-order valence-corrected chi connectivity index (χ1v) is 8.41. The minimum atomic E-state index is -0.403. The molecule has 0 atom stereocenters. The van der Waals surface area contributed by atoms with Gasteiger partial charge in [0, 0.05) is 18.7 Å². The highest BCUT2D eigenvalue weighted by Crippen LogP contribution is 2.13. The van der Waals surface area contributed by atoms with E-state index in [1.807, 2.05) is 13.0 Å². The smallest absolute Gasteiger partial charge is 0.261 e. The van der Waals surface area contributed by atoms with Gasteiger partial charge in [-0.05, 0) is 31.1 Å². The van der Waals surface area contributed by atoms with E-state index in [1.165, 1.54) is 6.08 Å². The van der Waals surface area contributed by atoms with Gasteiger partial charge in [0.05, 0.1) is 0 Å². The third kappa shape index (κ3) is 6.25. The van der Waals surface area contributed by atoms with Gasteiger partial charge < -0.3 is 10.6 Å². The topological polar surface area (TPSA) is 82.0 Å². The Morgan fingerprint density at radius 3 is 2.54 bits per heavy atom. The molecule has 2 amide bonds. The van der Waals surface area contributed by atoms with Gasteiger partial charge >= 0.3 is 0 Å². The molecule has 128 valence electrons. The lowest BCUT2D eigenvalue weighted by molar-refractivity contribution is -0.117. The van der Waals surface area contributed by atoms with Gasteiger partial charge in [-0.2, -0.15) is 5.26 Å². The molecule has 0 fully saturated rings. The lowest BCUT2D eigenvalue weighted by atomic mass is 10.0. The highest BCUT2D eigenvalue weighted by atomic mass is 16.2. The summed E-state index contributed by atoms with van der Waals surface area (Å²) in [4.78, 5) is 24.2. The fourth-order valence-corrected chi connectivity index (χ4v) is 2.24. The van der Waals surface area contributed by atoms with Crippen molar-refractivity contribution in [3.8, 4) is 6.07 Å². The Labute approximate surface area is 143 Å². The van der Waals surface area contributed by atoms with E-state index in [0.717, 1.165) is 25.7 Å². The number of amides is 2. The maximum absolute atomic E-state index is 12.1. The molecule has 0 saturated carbocycles. The van der Waals surface area contributed by atoms with Crippen molar-refractivity contribution in [2.45, 2.75) is 39.5 Å². The first kappa shape index (κ1) is 19.4. The van der Waals surface area contributed by atoms with Crippen molar-refractivity contribution in [2.24, 2.45) is 0 Å². The Kier molecular flexibility index (Phi) is 8.91. The zero-order valence-electron chi connectivity index (χ0n) is 14.4. The summed E-state index contributed by atoms with van der Waals surface area (Å²) in [6, 6.07) is 8.83. The van der Waals surface area contributed by atoms with Crippen LogP contribution in [0.25, 0.3) is 6.08 Å². The number of nitriles is 1. The van der Waals surface area contributed by atoms with Gasteiger partial charge in [-0.25, -0.2) is 0 Å². The Morgan fingerprint density at radius 2 is 1.88 bits per heavy atom. The molecule has 1 rings (SSSR count). The van der Waals surface area contributed by atoms with Gasteiger partial charge in [-0.1, -0.05) is 44.4 Å². The monoisotopic (exact) mass is 327 g/mol. The van der Waals surface area contributed by atoms with Gasteiger partial charge in [-0.3, -0.25) is 9.59 Å². The number of hydrogen-bond donors (Lipinski definition) is 2. The summed E-state index contributed by atoms with van der Waals surface area (Å²) in [7, 11) is 0. The molecule has 0 saturated heterocycles. The van der Waals surface area contributed by atoms with E-state index in [4.69, 9.17) is 0 Å². The summed E-state index contributed by atoms with van der Waals surface area (Å²) >= 11 is 0. The molecule has 5 nitrogen and oxygen atoms in total. The molecule has 0 aliphatic rings. The number of nitrogens with zero attached hydrogens (tertiary/aromatic N) is 1.